The highest BCUT2D eigenvalue weighted by molar-refractivity contribution is 6.00. The largest absolute Gasteiger partial charge is 0.292 e. The van der Waals surface area contributed by atoms with Crippen LogP contribution in [0.25, 0.3) is 16.5 Å². The van der Waals surface area contributed by atoms with Gasteiger partial charge in [0.2, 0.25) is 0 Å². The Balaban J connectivity index is 1.68. The number of nitriles is 1. The number of rotatable bonds is 4. The van der Waals surface area contributed by atoms with Crippen LogP contribution in [0.2, 0.25) is 0 Å². The van der Waals surface area contributed by atoms with Gasteiger partial charge in [0.15, 0.2) is 5.69 Å². The van der Waals surface area contributed by atoms with Gasteiger partial charge in [-0.25, -0.2) is 9.82 Å². The summed E-state index contributed by atoms with van der Waals surface area (Å²) in [6.07, 6.45) is 1.51. The molecule has 0 fully saturated rings. The van der Waals surface area contributed by atoms with Crippen molar-refractivity contribution in [2.75, 3.05) is 0 Å². The first-order valence-electron chi connectivity index (χ1n) is 9.60. The van der Waals surface area contributed by atoms with E-state index in [0.717, 1.165) is 33.2 Å². The Kier molecular flexibility index (Phi) is 5.55. The van der Waals surface area contributed by atoms with Gasteiger partial charge in [-0.15, -0.1) is 0 Å². The van der Waals surface area contributed by atoms with Gasteiger partial charge in [0.05, 0.1) is 11.9 Å². The van der Waals surface area contributed by atoms with Crippen LogP contribution in [0, 0.1) is 24.1 Å². The van der Waals surface area contributed by atoms with Gasteiger partial charge in [0.1, 0.15) is 17.4 Å². The van der Waals surface area contributed by atoms with E-state index in [4.69, 9.17) is 0 Å². The Morgan fingerprint density at radius 3 is 2.59 bits per heavy atom. The van der Waals surface area contributed by atoms with Gasteiger partial charge in [-0.2, -0.15) is 20.1 Å². The van der Waals surface area contributed by atoms with Gasteiger partial charge in [0.25, 0.3) is 11.5 Å². The van der Waals surface area contributed by atoms with E-state index in [9.17, 15) is 19.2 Å². The number of nitrogens with zero attached hydrogens (tertiary/aromatic N) is 4. The Bertz CT molecular complexity index is 1460. The molecule has 3 aromatic carbocycles. The van der Waals surface area contributed by atoms with Crippen molar-refractivity contribution >= 4 is 22.9 Å². The van der Waals surface area contributed by atoms with Gasteiger partial charge in [-0.05, 0) is 42.0 Å². The molecule has 1 N–H and O–H groups in total. The number of hydrogen-bond donors (Lipinski definition) is 1. The molecule has 1 aromatic heterocycles. The number of amides is 1. The molecule has 0 aliphatic carbocycles. The van der Waals surface area contributed by atoms with Crippen molar-refractivity contribution in [3.05, 3.63) is 105 Å². The van der Waals surface area contributed by atoms with Gasteiger partial charge in [0, 0.05) is 11.1 Å². The summed E-state index contributed by atoms with van der Waals surface area (Å²) in [5.74, 6) is -1.18. The molecule has 0 saturated heterocycles. The number of hydrazone groups is 1. The predicted molar refractivity (Wildman–Crippen MR) is 118 cm³/mol. The Labute approximate surface area is 182 Å². The quantitative estimate of drug-likeness (QED) is 0.400. The van der Waals surface area contributed by atoms with E-state index in [1.807, 2.05) is 48.5 Å². The molecule has 8 heteroatoms. The molecular weight excluding hydrogens is 409 g/mol. The Morgan fingerprint density at radius 2 is 1.84 bits per heavy atom. The highest BCUT2D eigenvalue weighted by Gasteiger charge is 2.20. The van der Waals surface area contributed by atoms with E-state index in [0.29, 0.717) is 0 Å². The zero-order chi connectivity index (χ0) is 22.7. The number of hydrogen-bond acceptors (Lipinski definition) is 5. The number of fused-ring (bicyclic) bond motifs is 1. The molecule has 0 saturated carbocycles. The summed E-state index contributed by atoms with van der Waals surface area (Å²) >= 11 is 0. The van der Waals surface area contributed by atoms with Crippen LogP contribution in [-0.4, -0.2) is 21.9 Å². The van der Waals surface area contributed by atoms with Crippen molar-refractivity contribution < 1.29 is 9.18 Å². The molecule has 7 nitrogen and oxygen atoms in total. The van der Waals surface area contributed by atoms with E-state index < -0.39 is 17.3 Å². The van der Waals surface area contributed by atoms with Crippen LogP contribution in [0.5, 0.6) is 0 Å². The first-order valence-corrected chi connectivity index (χ1v) is 9.60. The third-order valence-electron chi connectivity index (χ3n) is 4.93. The lowest BCUT2D eigenvalue weighted by atomic mass is 10.1. The molecule has 0 radical (unpaired) electrons. The molecule has 4 aromatic rings. The SMILES string of the molecule is Cc1c(C(=O)NN=Cc2cccc3ccccc23)nn(-c2ccc(F)cc2)c(=O)c1C#N. The van der Waals surface area contributed by atoms with E-state index >= 15 is 0 Å². The monoisotopic (exact) mass is 425 g/mol. The minimum absolute atomic E-state index is 0.133. The van der Waals surface area contributed by atoms with Gasteiger partial charge < -0.3 is 0 Å². The Hall–Kier alpha value is -4.64. The van der Waals surface area contributed by atoms with Gasteiger partial charge in [-0.3, -0.25) is 9.59 Å². The minimum Gasteiger partial charge on any atom is -0.266 e. The predicted octanol–water partition coefficient (Wildman–Crippen LogP) is 3.47. The first kappa shape index (κ1) is 20.6. The van der Waals surface area contributed by atoms with Gasteiger partial charge >= 0.3 is 0 Å². The summed E-state index contributed by atoms with van der Waals surface area (Å²) in [5, 5.41) is 19.6. The standard InChI is InChI=1S/C24H16FN5O2/c1-15-21(13-26)24(32)30(19-11-9-18(25)10-12-19)29-22(15)23(31)28-27-14-17-7-4-6-16-5-2-3-8-20(16)17/h2-12,14H,1H3,(H,28,31). The normalized spacial score (nSPS) is 10.9. The summed E-state index contributed by atoms with van der Waals surface area (Å²) < 4.78 is 14.2. The molecule has 0 aliphatic rings. The number of nitrogens with one attached hydrogen (secondary N) is 1. The highest BCUT2D eigenvalue weighted by atomic mass is 19.1. The molecule has 4 rings (SSSR count). The smallest absolute Gasteiger partial charge is 0.266 e. The summed E-state index contributed by atoms with van der Waals surface area (Å²) in [7, 11) is 0. The fourth-order valence-corrected chi connectivity index (χ4v) is 3.29. The summed E-state index contributed by atoms with van der Waals surface area (Å²) in [4.78, 5) is 25.4. The number of halogens is 1. The van der Waals surface area contributed by atoms with Crippen molar-refractivity contribution in [3.8, 4) is 11.8 Å². The number of carbonyl (C=O) groups is 1. The van der Waals surface area contributed by atoms with Crippen LogP contribution < -0.4 is 11.0 Å². The summed E-state index contributed by atoms with van der Waals surface area (Å²) in [6.45, 7) is 1.46. The zero-order valence-electron chi connectivity index (χ0n) is 16.9. The molecule has 0 atom stereocenters. The van der Waals surface area contributed by atoms with Crippen LogP contribution in [0.3, 0.4) is 0 Å². The maximum absolute atomic E-state index is 13.3. The number of benzene rings is 3. The average Bonchev–Trinajstić information content (AvgIpc) is 2.80. The van der Waals surface area contributed by atoms with E-state index in [2.05, 4.69) is 15.6 Å². The fourth-order valence-electron chi connectivity index (χ4n) is 3.29. The van der Waals surface area contributed by atoms with Crippen molar-refractivity contribution in [1.29, 1.82) is 5.26 Å². The number of aromatic nitrogens is 2. The maximum atomic E-state index is 13.3. The zero-order valence-corrected chi connectivity index (χ0v) is 16.9. The minimum atomic E-state index is -0.701. The van der Waals surface area contributed by atoms with Crippen molar-refractivity contribution in [3.63, 3.8) is 0 Å². The summed E-state index contributed by atoms with van der Waals surface area (Å²) in [5.41, 5.74) is 2.49. The second-order valence-corrected chi connectivity index (χ2v) is 6.92. The molecule has 0 bridgehead atoms. The molecule has 0 spiro atoms. The maximum Gasteiger partial charge on any atom is 0.292 e. The topological polar surface area (TPSA) is 100 Å². The van der Waals surface area contributed by atoms with Crippen molar-refractivity contribution in [2.45, 2.75) is 6.92 Å². The average molecular weight is 425 g/mol. The second-order valence-electron chi connectivity index (χ2n) is 6.92. The van der Waals surface area contributed by atoms with Gasteiger partial charge in [-0.1, -0.05) is 42.5 Å². The summed E-state index contributed by atoms with van der Waals surface area (Å²) in [6, 6.07) is 20.3. The lowest BCUT2D eigenvalue weighted by Gasteiger charge is -2.10. The molecule has 1 heterocycles. The van der Waals surface area contributed by atoms with Crippen LogP contribution in [0.15, 0.2) is 76.6 Å². The second kappa shape index (κ2) is 8.62. The van der Waals surface area contributed by atoms with E-state index in [-0.39, 0.29) is 22.5 Å². The lowest BCUT2D eigenvalue weighted by molar-refractivity contribution is 0.0947. The fraction of sp³-hybridized carbons (Fsp3) is 0.0417. The third kappa shape index (κ3) is 3.87. The first-order chi connectivity index (χ1) is 15.5. The van der Waals surface area contributed by atoms with Crippen molar-refractivity contribution in [2.24, 2.45) is 5.10 Å². The Morgan fingerprint density at radius 1 is 1.12 bits per heavy atom. The van der Waals surface area contributed by atoms with Crippen LogP contribution in [0.1, 0.15) is 27.2 Å². The molecule has 1 amide bonds. The third-order valence-corrected chi connectivity index (χ3v) is 4.93. The molecule has 32 heavy (non-hydrogen) atoms. The van der Waals surface area contributed by atoms with Crippen LogP contribution >= 0.6 is 0 Å². The van der Waals surface area contributed by atoms with E-state index in [1.54, 1.807) is 0 Å². The number of carbonyl (C=O) groups excluding carboxylic acids is 1. The molecule has 0 unspecified atom stereocenters. The highest BCUT2D eigenvalue weighted by Crippen LogP contribution is 2.17. The van der Waals surface area contributed by atoms with E-state index in [1.165, 1.54) is 25.3 Å². The molecule has 0 aliphatic heterocycles. The lowest BCUT2D eigenvalue weighted by Crippen LogP contribution is -2.31. The molecular formula is C24H16FN5O2. The molecule has 156 valence electrons. The van der Waals surface area contributed by atoms with Crippen LogP contribution in [0.4, 0.5) is 4.39 Å². The van der Waals surface area contributed by atoms with Crippen molar-refractivity contribution in [1.82, 2.24) is 15.2 Å². The van der Waals surface area contributed by atoms with Crippen LogP contribution in [-0.2, 0) is 0 Å².